The van der Waals surface area contributed by atoms with Crippen LogP contribution in [0.4, 0.5) is 0 Å². The summed E-state index contributed by atoms with van der Waals surface area (Å²) in [7, 11) is 0. The summed E-state index contributed by atoms with van der Waals surface area (Å²) in [6.07, 6.45) is 3.06. The summed E-state index contributed by atoms with van der Waals surface area (Å²) >= 11 is 0. The lowest BCUT2D eigenvalue weighted by molar-refractivity contribution is -0.141. The normalized spacial score (nSPS) is 27.6. The largest absolute Gasteiger partial charge is 0.378 e. The molecule has 2 saturated heterocycles. The second-order valence-electron chi connectivity index (χ2n) is 4.99. The molecule has 0 radical (unpaired) electrons. The summed E-state index contributed by atoms with van der Waals surface area (Å²) in [6, 6.07) is 2.04. The van der Waals surface area contributed by atoms with Gasteiger partial charge in [0.1, 0.15) is 0 Å². The number of morpholine rings is 1. The minimum absolute atomic E-state index is 0.0984. The third kappa shape index (κ3) is 2.82. The number of hydrogen-bond donors (Lipinski definition) is 0. The highest BCUT2D eigenvalue weighted by atomic mass is 16.5. The standard InChI is InChI=1S/C13H21N3O2/c1-11(13(17)15-6-8-18-9-7-15)16-5-3-2-4-12(16)10-14/h11-12H,2-9H2,1H3. The van der Waals surface area contributed by atoms with Gasteiger partial charge in [0.15, 0.2) is 0 Å². The van der Waals surface area contributed by atoms with Gasteiger partial charge in [-0.3, -0.25) is 9.69 Å². The Bertz CT molecular complexity index is 334. The van der Waals surface area contributed by atoms with E-state index in [2.05, 4.69) is 11.0 Å². The maximum atomic E-state index is 12.4. The predicted octanol–water partition coefficient (Wildman–Crippen LogP) is 0.612. The van der Waals surface area contributed by atoms with Crippen molar-refractivity contribution in [3.8, 4) is 6.07 Å². The second-order valence-corrected chi connectivity index (χ2v) is 4.99. The first-order valence-corrected chi connectivity index (χ1v) is 6.76. The molecule has 2 heterocycles. The molecule has 5 heteroatoms. The highest BCUT2D eigenvalue weighted by Crippen LogP contribution is 2.20. The molecule has 18 heavy (non-hydrogen) atoms. The van der Waals surface area contributed by atoms with Crippen LogP contribution in [0, 0.1) is 11.3 Å². The first-order chi connectivity index (χ1) is 8.74. The first-order valence-electron chi connectivity index (χ1n) is 6.76. The lowest BCUT2D eigenvalue weighted by Gasteiger charge is -2.38. The number of likely N-dealkylation sites (tertiary alicyclic amines) is 1. The molecule has 100 valence electrons. The molecular formula is C13H21N3O2. The van der Waals surface area contributed by atoms with Gasteiger partial charge in [-0.05, 0) is 26.2 Å². The van der Waals surface area contributed by atoms with Crippen LogP contribution in [-0.2, 0) is 9.53 Å². The number of hydrogen-bond acceptors (Lipinski definition) is 4. The lowest BCUT2D eigenvalue weighted by Crippen LogP contribution is -2.54. The summed E-state index contributed by atoms with van der Waals surface area (Å²) in [5, 5.41) is 9.17. The molecule has 2 unspecified atom stereocenters. The van der Waals surface area contributed by atoms with E-state index in [-0.39, 0.29) is 18.0 Å². The molecule has 2 atom stereocenters. The summed E-state index contributed by atoms with van der Waals surface area (Å²) in [6.45, 7) is 5.38. The van der Waals surface area contributed by atoms with E-state index in [1.807, 2.05) is 11.8 Å². The molecule has 0 aromatic rings. The number of ether oxygens (including phenoxy) is 1. The molecular weight excluding hydrogens is 230 g/mol. The molecule has 2 aliphatic heterocycles. The van der Waals surface area contributed by atoms with Gasteiger partial charge in [-0.1, -0.05) is 0 Å². The van der Waals surface area contributed by atoms with Crippen LogP contribution in [0.1, 0.15) is 26.2 Å². The molecule has 0 aliphatic carbocycles. The Labute approximate surface area is 108 Å². The van der Waals surface area contributed by atoms with Crippen LogP contribution < -0.4 is 0 Å². The van der Waals surface area contributed by atoms with Gasteiger partial charge < -0.3 is 9.64 Å². The number of nitrogens with zero attached hydrogens (tertiary/aromatic N) is 3. The SMILES string of the molecule is CC(C(=O)N1CCOCC1)N1CCCCC1C#N. The van der Waals surface area contributed by atoms with E-state index < -0.39 is 0 Å². The van der Waals surface area contributed by atoms with Crippen LogP contribution >= 0.6 is 0 Å². The van der Waals surface area contributed by atoms with E-state index in [1.165, 1.54) is 0 Å². The molecule has 0 N–H and O–H groups in total. The second kappa shape index (κ2) is 6.17. The van der Waals surface area contributed by atoms with Gasteiger partial charge >= 0.3 is 0 Å². The van der Waals surface area contributed by atoms with E-state index in [9.17, 15) is 4.79 Å². The van der Waals surface area contributed by atoms with Gasteiger partial charge in [0.2, 0.25) is 5.91 Å². The Hall–Kier alpha value is -1.12. The smallest absolute Gasteiger partial charge is 0.239 e. The number of rotatable bonds is 2. The van der Waals surface area contributed by atoms with Crippen LogP contribution in [0.15, 0.2) is 0 Å². The van der Waals surface area contributed by atoms with E-state index in [4.69, 9.17) is 10.00 Å². The molecule has 5 nitrogen and oxygen atoms in total. The molecule has 0 aromatic heterocycles. The van der Waals surface area contributed by atoms with Crippen LogP contribution in [-0.4, -0.2) is 60.6 Å². The van der Waals surface area contributed by atoms with Crippen molar-refractivity contribution in [1.29, 1.82) is 5.26 Å². The maximum Gasteiger partial charge on any atom is 0.239 e. The van der Waals surface area contributed by atoms with Crippen molar-refractivity contribution in [1.82, 2.24) is 9.80 Å². The molecule has 1 amide bonds. The third-order valence-corrected chi connectivity index (χ3v) is 3.87. The Balaban J connectivity index is 1.98. The number of carbonyl (C=O) groups is 1. The fraction of sp³-hybridized carbons (Fsp3) is 0.846. The molecule has 2 fully saturated rings. The molecule has 0 bridgehead atoms. The zero-order chi connectivity index (χ0) is 13.0. The summed E-state index contributed by atoms with van der Waals surface area (Å²) in [4.78, 5) is 16.3. The van der Waals surface area contributed by atoms with Crippen molar-refractivity contribution in [2.75, 3.05) is 32.8 Å². The van der Waals surface area contributed by atoms with Crippen molar-refractivity contribution in [2.45, 2.75) is 38.3 Å². The fourth-order valence-corrected chi connectivity index (χ4v) is 2.75. The highest BCUT2D eigenvalue weighted by Gasteiger charge is 2.32. The van der Waals surface area contributed by atoms with Gasteiger partial charge in [0.25, 0.3) is 0 Å². The average molecular weight is 251 g/mol. The Morgan fingerprint density at radius 1 is 1.33 bits per heavy atom. The van der Waals surface area contributed by atoms with Gasteiger partial charge in [-0.2, -0.15) is 5.26 Å². The van der Waals surface area contributed by atoms with Crippen LogP contribution in [0.2, 0.25) is 0 Å². The number of amides is 1. The summed E-state index contributed by atoms with van der Waals surface area (Å²) in [5.41, 5.74) is 0. The Morgan fingerprint density at radius 3 is 2.72 bits per heavy atom. The van der Waals surface area contributed by atoms with Crippen molar-refractivity contribution < 1.29 is 9.53 Å². The predicted molar refractivity (Wildman–Crippen MR) is 66.8 cm³/mol. The van der Waals surface area contributed by atoms with Crippen molar-refractivity contribution >= 4 is 5.91 Å². The van der Waals surface area contributed by atoms with Crippen LogP contribution in [0.25, 0.3) is 0 Å². The molecule has 2 rings (SSSR count). The van der Waals surface area contributed by atoms with Crippen molar-refractivity contribution in [2.24, 2.45) is 0 Å². The minimum Gasteiger partial charge on any atom is -0.378 e. The summed E-state index contributed by atoms with van der Waals surface area (Å²) in [5.74, 6) is 0.139. The third-order valence-electron chi connectivity index (χ3n) is 3.87. The molecule has 0 aromatic carbocycles. The van der Waals surface area contributed by atoms with E-state index in [1.54, 1.807) is 0 Å². The van der Waals surface area contributed by atoms with Crippen LogP contribution in [0.5, 0.6) is 0 Å². The first kappa shape index (κ1) is 13.3. The zero-order valence-corrected chi connectivity index (χ0v) is 11.0. The average Bonchev–Trinajstić information content (AvgIpc) is 2.46. The zero-order valence-electron chi connectivity index (χ0n) is 11.0. The van der Waals surface area contributed by atoms with E-state index in [0.29, 0.717) is 26.3 Å². The Morgan fingerprint density at radius 2 is 2.06 bits per heavy atom. The number of piperidine rings is 1. The number of carbonyl (C=O) groups excluding carboxylic acids is 1. The molecule has 0 spiro atoms. The lowest BCUT2D eigenvalue weighted by atomic mass is 10.0. The quantitative estimate of drug-likeness (QED) is 0.721. The minimum atomic E-state index is -0.187. The maximum absolute atomic E-state index is 12.4. The molecule has 2 aliphatic rings. The number of nitriles is 1. The van der Waals surface area contributed by atoms with E-state index in [0.717, 1.165) is 25.8 Å². The highest BCUT2D eigenvalue weighted by molar-refractivity contribution is 5.81. The van der Waals surface area contributed by atoms with Gasteiger partial charge in [0.05, 0.1) is 31.4 Å². The molecule has 0 saturated carbocycles. The van der Waals surface area contributed by atoms with Gasteiger partial charge in [-0.25, -0.2) is 0 Å². The van der Waals surface area contributed by atoms with E-state index >= 15 is 0 Å². The monoisotopic (exact) mass is 251 g/mol. The van der Waals surface area contributed by atoms with Crippen molar-refractivity contribution in [3.05, 3.63) is 0 Å². The van der Waals surface area contributed by atoms with Gasteiger partial charge in [0, 0.05) is 19.6 Å². The topological polar surface area (TPSA) is 56.6 Å². The fourth-order valence-electron chi connectivity index (χ4n) is 2.75. The van der Waals surface area contributed by atoms with Gasteiger partial charge in [-0.15, -0.1) is 0 Å². The van der Waals surface area contributed by atoms with Crippen LogP contribution in [0.3, 0.4) is 0 Å². The van der Waals surface area contributed by atoms with Crippen molar-refractivity contribution in [3.63, 3.8) is 0 Å². The summed E-state index contributed by atoms with van der Waals surface area (Å²) < 4.78 is 5.26. The Kier molecular flexibility index (Phi) is 4.56.